The number of piperidine rings is 2. The Morgan fingerprint density at radius 1 is 0.510 bits per heavy atom. The third kappa shape index (κ3) is 17.2. The number of ether oxygens (including phenoxy) is 2. The molecule has 0 aromatic heterocycles. The first-order valence-electron chi connectivity index (χ1n) is 21.4. The van der Waals surface area contributed by atoms with Crippen molar-refractivity contribution in [3.05, 3.63) is 12.3 Å². The summed E-state index contributed by atoms with van der Waals surface area (Å²) in [5.74, 6) is 0.848. The largest absolute Gasteiger partial charge is 0.495 e. The molecule has 0 aliphatic carbocycles. The molecule has 7 nitrogen and oxygen atoms in total. The minimum Gasteiger partial charge on any atom is -0.495 e. The number of unbranched alkanes of at least 4 members (excludes halogenated alkanes) is 14. The van der Waals surface area contributed by atoms with Crippen LogP contribution in [0, 0.1) is 0 Å². The van der Waals surface area contributed by atoms with Gasteiger partial charge in [-0.25, -0.2) is 0 Å². The molecule has 2 heterocycles. The number of nitrogens with zero attached hydrogens (tertiary/aromatic N) is 2. The zero-order valence-electron chi connectivity index (χ0n) is 35.5. The lowest BCUT2D eigenvalue weighted by Crippen LogP contribution is -2.62. The molecule has 7 heteroatoms. The van der Waals surface area contributed by atoms with E-state index in [4.69, 9.17) is 19.1 Å². The summed E-state index contributed by atoms with van der Waals surface area (Å²) in [7, 11) is 0. The number of hydroxylamine groups is 4. The van der Waals surface area contributed by atoms with Gasteiger partial charge in [0.25, 0.3) is 0 Å². The molecule has 2 aliphatic heterocycles. The van der Waals surface area contributed by atoms with Crippen molar-refractivity contribution in [3.8, 4) is 0 Å². The number of esters is 1. The molecule has 0 unspecified atom stereocenters. The number of hydrogen-bond acceptors (Lipinski definition) is 7. The number of carbonyl (C=O) groups excluding carboxylic acids is 1. The predicted octanol–water partition coefficient (Wildman–Crippen LogP) is 12.4. The molecule has 0 saturated carbocycles. The van der Waals surface area contributed by atoms with Gasteiger partial charge in [-0.1, -0.05) is 104 Å². The first kappa shape index (κ1) is 46.0. The van der Waals surface area contributed by atoms with Gasteiger partial charge in [-0.3, -0.25) is 14.5 Å². The summed E-state index contributed by atoms with van der Waals surface area (Å²) in [6.07, 6.45) is 25.4. The van der Waals surface area contributed by atoms with Crippen molar-refractivity contribution >= 4 is 5.97 Å². The molecular formula is C44H84N2O5. The Bertz CT molecular complexity index is 865. The molecule has 0 aromatic rings. The predicted molar refractivity (Wildman–Crippen MR) is 213 cm³/mol. The van der Waals surface area contributed by atoms with Gasteiger partial charge in [-0.05, 0) is 81.1 Å². The molecule has 300 valence electrons. The average molecular weight is 721 g/mol. The lowest BCUT2D eigenvalue weighted by molar-refractivity contribution is -0.293. The van der Waals surface area contributed by atoms with Crippen molar-refractivity contribution in [2.75, 3.05) is 13.2 Å². The molecule has 51 heavy (non-hydrogen) atoms. The fourth-order valence-corrected chi connectivity index (χ4v) is 8.95. The highest BCUT2D eigenvalue weighted by molar-refractivity contribution is 5.69. The Kier molecular flexibility index (Phi) is 20.7. The summed E-state index contributed by atoms with van der Waals surface area (Å²) in [5.41, 5.74) is -0.566. The monoisotopic (exact) mass is 721 g/mol. The van der Waals surface area contributed by atoms with Gasteiger partial charge >= 0.3 is 5.97 Å². The van der Waals surface area contributed by atoms with Crippen molar-refractivity contribution < 1.29 is 23.9 Å². The van der Waals surface area contributed by atoms with E-state index >= 15 is 0 Å². The fraction of sp³-hybridized carbons (Fsp3) is 0.932. The standard InChI is InChI=1S/C44H84N2O5/c1-12-14-16-18-23-27-31-48-45-41(4,5)33-38(34-42(45,6)7)50-37(3)29-25-21-20-22-26-30-40(47)51-39-35-43(8,9)46(44(10,11)36-39)49-32-28-24-19-17-15-13-2/h38-39H,3,12-36H2,1-2,4-11H3. The molecule has 0 amide bonds. The summed E-state index contributed by atoms with van der Waals surface area (Å²) >= 11 is 0. The van der Waals surface area contributed by atoms with Crippen LogP contribution in [0.25, 0.3) is 0 Å². The van der Waals surface area contributed by atoms with Gasteiger partial charge in [0, 0.05) is 60.7 Å². The van der Waals surface area contributed by atoms with Crippen LogP contribution >= 0.6 is 0 Å². The van der Waals surface area contributed by atoms with E-state index in [2.05, 4.69) is 85.9 Å². The van der Waals surface area contributed by atoms with Crippen molar-refractivity contribution in [1.29, 1.82) is 0 Å². The lowest BCUT2D eigenvalue weighted by atomic mass is 9.80. The number of allylic oxidation sites excluding steroid dienone is 1. The van der Waals surface area contributed by atoms with Crippen LogP contribution in [0.4, 0.5) is 0 Å². The van der Waals surface area contributed by atoms with Gasteiger partial charge in [-0.2, -0.15) is 10.1 Å². The van der Waals surface area contributed by atoms with Crippen molar-refractivity contribution in [3.63, 3.8) is 0 Å². The van der Waals surface area contributed by atoms with Crippen molar-refractivity contribution in [1.82, 2.24) is 10.1 Å². The van der Waals surface area contributed by atoms with E-state index in [1.54, 1.807) is 0 Å². The van der Waals surface area contributed by atoms with Crippen LogP contribution in [0.3, 0.4) is 0 Å². The van der Waals surface area contributed by atoms with Gasteiger partial charge in [0.05, 0.1) is 19.0 Å². The summed E-state index contributed by atoms with van der Waals surface area (Å²) in [6, 6.07) is 0. The molecule has 0 N–H and O–H groups in total. The van der Waals surface area contributed by atoms with Crippen LogP contribution in [0.1, 0.15) is 217 Å². The highest BCUT2D eigenvalue weighted by Crippen LogP contribution is 2.41. The van der Waals surface area contributed by atoms with Crippen LogP contribution in [-0.4, -0.2) is 63.7 Å². The van der Waals surface area contributed by atoms with E-state index in [1.165, 1.54) is 64.2 Å². The van der Waals surface area contributed by atoms with Crippen LogP contribution in [-0.2, 0) is 23.9 Å². The minimum absolute atomic E-state index is 0.0560. The molecule has 2 fully saturated rings. The molecule has 0 aromatic carbocycles. The maximum absolute atomic E-state index is 12.8. The molecular weight excluding hydrogens is 636 g/mol. The quantitative estimate of drug-likeness (QED) is 0.0475. The van der Waals surface area contributed by atoms with Gasteiger partial charge in [0.2, 0.25) is 0 Å². The van der Waals surface area contributed by atoms with Crippen LogP contribution in [0.15, 0.2) is 12.3 Å². The Balaban J connectivity index is 1.60. The molecule has 0 spiro atoms. The van der Waals surface area contributed by atoms with Gasteiger partial charge in [0.1, 0.15) is 12.2 Å². The minimum atomic E-state index is -0.187. The van der Waals surface area contributed by atoms with Crippen molar-refractivity contribution in [2.24, 2.45) is 0 Å². The molecule has 0 atom stereocenters. The first-order valence-corrected chi connectivity index (χ1v) is 21.4. The molecule has 2 rings (SSSR count). The maximum atomic E-state index is 12.8. The number of carbonyl (C=O) groups is 1. The van der Waals surface area contributed by atoms with Crippen molar-refractivity contribution in [2.45, 2.75) is 251 Å². The third-order valence-electron chi connectivity index (χ3n) is 11.0. The molecule has 0 bridgehead atoms. The fourth-order valence-electron chi connectivity index (χ4n) is 8.95. The summed E-state index contributed by atoms with van der Waals surface area (Å²) in [4.78, 5) is 25.6. The van der Waals surface area contributed by atoms with Gasteiger partial charge in [0.15, 0.2) is 0 Å². The molecule has 2 saturated heterocycles. The zero-order chi connectivity index (χ0) is 38.0. The smallest absolute Gasteiger partial charge is 0.306 e. The molecule has 2 aliphatic rings. The Labute approximate surface area is 316 Å². The highest BCUT2D eigenvalue weighted by atomic mass is 16.7. The second-order valence-corrected chi connectivity index (χ2v) is 18.5. The second kappa shape index (κ2) is 22.9. The normalized spacial score (nSPS) is 20.7. The lowest BCUT2D eigenvalue weighted by Gasteiger charge is -2.53. The van der Waals surface area contributed by atoms with E-state index in [9.17, 15) is 4.79 Å². The van der Waals surface area contributed by atoms with E-state index in [1.807, 2.05) is 0 Å². The van der Waals surface area contributed by atoms with Crippen LogP contribution in [0.2, 0.25) is 0 Å². The zero-order valence-corrected chi connectivity index (χ0v) is 35.5. The topological polar surface area (TPSA) is 60.5 Å². The Hall–Kier alpha value is -1.15. The van der Waals surface area contributed by atoms with Gasteiger partial charge in [-0.15, -0.1) is 0 Å². The first-order chi connectivity index (χ1) is 24.0. The second-order valence-electron chi connectivity index (χ2n) is 18.5. The summed E-state index contributed by atoms with van der Waals surface area (Å²) < 4.78 is 12.5. The SMILES string of the molecule is C=C(CCCCCCCC(=O)OC1CC(C)(C)N(OCCCCCCCC)C(C)(C)C1)OC1CC(C)(C)N(OCCCCCCCC)C(C)(C)C1. The summed E-state index contributed by atoms with van der Waals surface area (Å²) in [5, 5.41) is 4.44. The van der Waals surface area contributed by atoms with E-state index in [0.29, 0.717) is 6.42 Å². The van der Waals surface area contributed by atoms with Crippen LogP contribution in [0.5, 0.6) is 0 Å². The molecule has 0 radical (unpaired) electrons. The number of hydrogen-bond donors (Lipinski definition) is 0. The van der Waals surface area contributed by atoms with Crippen LogP contribution < -0.4 is 0 Å². The van der Waals surface area contributed by atoms with E-state index < -0.39 is 0 Å². The van der Waals surface area contributed by atoms with Gasteiger partial charge < -0.3 is 9.47 Å². The average Bonchev–Trinajstić information content (AvgIpc) is 3.00. The summed E-state index contributed by atoms with van der Waals surface area (Å²) in [6.45, 7) is 28.3. The van der Waals surface area contributed by atoms with E-state index in [0.717, 1.165) is 96.0 Å². The Morgan fingerprint density at radius 3 is 1.25 bits per heavy atom. The third-order valence-corrected chi connectivity index (χ3v) is 11.0. The maximum Gasteiger partial charge on any atom is 0.306 e. The Morgan fingerprint density at radius 2 is 0.843 bits per heavy atom. The number of rotatable bonds is 27. The van der Waals surface area contributed by atoms with E-state index in [-0.39, 0.29) is 40.3 Å². The highest BCUT2D eigenvalue weighted by Gasteiger charge is 2.48.